The predicted molar refractivity (Wildman–Crippen MR) is 120 cm³/mol. The van der Waals surface area contributed by atoms with Gasteiger partial charge in [-0.1, -0.05) is 48.5 Å². The van der Waals surface area contributed by atoms with Gasteiger partial charge in [0.05, 0.1) is 11.3 Å². The fourth-order valence-electron chi connectivity index (χ4n) is 2.58. The number of carbonyl (C=O) groups is 1. The second kappa shape index (κ2) is 10.6. The molecule has 2 aromatic carbocycles. The third-order valence-corrected chi connectivity index (χ3v) is 7.58. The molecule has 0 radical (unpaired) electrons. The molecule has 2 N–H and O–H groups in total. The maximum atomic E-state index is 12.6. The molecule has 0 unspecified atom stereocenters. The SMILES string of the molecule is O=C(NCCS(=O)(=O)NCc1ccccc1)c1ccccc1SCc1cccs1. The van der Waals surface area contributed by atoms with Crippen molar-refractivity contribution in [1.29, 1.82) is 0 Å². The molecule has 0 saturated carbocycles. The van der Waals surface area contributed by atoms with Crippen molar-refractivity contribution < 1.29 is 13.2 Å². The van der Waals surface area contributed by atoms with Crippen LogP contribution in [0.3, 0.4) is 0 Å². The maximum Gasteiger partial charge on any atom is 0.252 e. The van der Waals surface area contributed by atoms with Crippen molar-refractivity contribution in [3.8, 4) is 0 Å². The molecule has 5 nitrogen and oxygen atoms in total. The fraction of sp³-hybridized carbons (Fsp3) is 0.190. The van der Waals surface area contributed by atoms with Crippen LogP contribution in [0.15, 0.2) is 77.0 Å². The zero-order valence-electron chi connectivity index (χ0n) is 15.7. The van der Waals surface area contributed by atoms with Gasteiger partial charge in [0.25, 0.3) is 5.91 Å². The van der Waals surface area contributed by atoms with Crippen LogP contribution in [0.4, 0.5) is 0 Å². The number of hydrogen-bond acceptors (Lipinski definition) is 5. The van der Waals surface area contributed by atoms with Gasteiger partial charge in [0.15, 0.2) is 0 Å². The van der Waals surface area contributed by atoms with Crippen LogP contribution in [-0.4, -0.2) is 26.6 Å². The molecule has 0 fully saturated rings. The number of thiophene rings is 1. The highest BCUT2D eigenvalue weighted by Crippen LogP contribution is 2.27. The van der Waals surface area contributed by atoms with Crippen molar-refractivity contribution in [3.05, 3.63) is 88.1 Å². The molecule has 1 heterocycles. The van der Waals surface area contributed by atoms with E-state index in [0.29, 0.717) is 5.56 Å². The molecule has 0 aliphatic carbocycles. The Kier molecular flexibility index (Phi) is 7.88. The number of nitrogens with one attached hydrogen (secondary N) is 2. The van der Waals surface area contributed by atoms with Crippen molar-refractivity contribution in [1.82, 2.24) is 10.0 Å². The Labute approximate surface area is 179 Å². The van der Waals surface area contributed by atoms with Crippen LogP contribution in [-0.2, 0) is 22.3 Å². The minimum absolute atomic E-state index is 0.0485. The number of hydrogen-bond donors (Lipinski definition) is 2. The minimum atomic E-state index is -3.48. The van der Waals surface area contributed by atoms with Crippen LogP contribution in [0, 0.1) is 0 Å². The van der Waals surface area contributed by atoms with Gasteiger partial charge in [0.1, 0.15) is 0 Å². The van der Waals surface area contributed by atoms with Gasteiger partial charge >= 0.3 is 0 Å². The highest BCUT2D eigenvalue weighted by Gasteiger charge is 2.14. The lowest BCUT2D eigenvalue weighted by atomic mass is 10.2. The molecule has 0 aliphatic rings. The summed E-state index contributed by atoms with van der Waals surface area (Å²) in [5.41, 5.74) is 1.44. The summed E-state index contributed by atoms with van der Waals surface area (Å²) in [5.74, 6) is 0.355. The van der Waals surface area contributed by atoms with Gasteiger partial charge in [-0.05, 0) is 29.1 Å². The summed E-state index contributed by atoms with van der Waals surface area (Å²) >= 11 is 3.28. The number of amides is 1. The van der Waals surface area contributed by atoms with Gasteiger partial charge in [-0.2, -0.15) is 0 Å². The number of thioether (sulfide) groups is 1. The molecule has 0 saturated heterocycles. The second-order valence-corrected chi connectivity index (χ2v) is 10.2. The van der Waals surface area contributed by atoms with Gasteiger partial charge < -0.3 is 5.32 Å². The smallest absolute Gasteiger partial charge is 0.252 e. The lowest BCUT2D eigenvalue weighted by Crippen LogP contribution is -2.34. The molecule has 3 rings (SSSR count). The third-order valence-electron chi connectivity index (χ3n) is 4.08. The zero-order chi connectivity index (χ0) is 20.5. The van der Waals surface area contributed by atoms with Crippen LogP contribution in [0.25, 0.3) is 0 Å². The first-order chi connectivity index (χ1) is 14.0. The number of benzene rings is 2. The Morgan fingerprint density at radius 1 is 0.966 bits per heavy atom. The summed E-state index contributed by atoms with van der Waals surface area (Å²) in [7, 11) is -3.48. The van der Waals surface area contributed by atoms with Crippen molar-refractivity contribution in [2.75, 3.05) is 12.3 Å². The van der Waals surface area contributed by atoms with Crippen LogP contribution < -0.4 is 10.0 Å². The summed E-state index contributed by atoms with van der Waals surface area (Å²) < 4.78 is 26.9. The number of rotatable bonds is 10. The van der Waals surface area contributed by atoms with E-state index in [2.05, 4.69) is 16.1 Å². The summed E-state index contributed by atoms with van der Waals surface area (Å²) in [4.78, 5) is 14.7. The molecule has 8 heteroatoms. The van der Waals surface area contributed by atoms with Gasteiger partial charge in [0, 0.05) is 28.6 Å². The predicted octanol–water partition coefficient (Wildman–Crippen LogP) is 3.89. The van der Waals surface area contributed by atoms with E-state index in [4.69, 9.17) is 0 Å². The second-order valence-electron chi connectivity index (χ2n) is 6.25. The lowest BCUT2D eigenvalue weighted by molar-refractivity contribution is 0.0953. The quantitative estimate of drug-likeness (QED) is 0.463. The number of sulfonamides is 1. The standard InChI is InChI=1S/C21H22N2O3S3/c24-21(19-10-4-5-11-20(19)28-16-18-9-6-13-27-18)22-12-14-29(25,26)23-15-17-7-2-1-3-8-17/h1-11,13,23H,12,14-16H2,(H,22,24). The van der Waals surface area contributed by atoms with Crippen LogP contribution in [0.5, 0.6) is 0 Å². The van der Waals surface area contributed by atoms with Crippen molar-refractivity contribution in [3.63, 3.8) is 0 Å². The summed E-state index contributed by atoms with van der Waals surface area (Å²) in [6.07, 6.45) is 0. The summed E-state index contributed by atoms with van der Waals surface area (Å²) in [5, 5.41) is 4.75. The highest BCUT2D eigenvalue weighted by molar-refractivity contribution is 7.98. The molecule has 29 heavy (non-hydrogen) atoms. The largest absolute Gasteiger partial charge is 0.351 e. The number of carbonyl (C=O) groups excluding carboxylic acids is 1. The monoisotopic (exact) mass is 446 g/mol. The Hall–Kier alpha value is -2.13. The summed E-state index contributed by atoms with van der Waals surface area (Å²) in [6, 6.07) is 20.7. The molecule has 0 spiro atoms. The molecule has 0 atom stereocenters. The van der Waals surface area contributed by atoms with Crippen LogP contribution >= 0.6 is 23.1 Å². The van der Waals surface area contributed by atoms with Crippen molar-refractivity contribution in [2.45, 2.75) is 17.2 Å². The first-order valence-electron chi connectivity index (χ1n) is 9.07. The Morgan fingerprint density at radius 3 is 2.48 bits per heavy atom. The van der Waals surface area contributed by atoms with E-state index >= 15 is 0 Å². The first-order valence-corrected chi connectivity index (χ1v) is 12.6. The van der Waals surface area contributed by atoms with Crippen molar-refractivity contribution in [2.24, 2.45) is 0 Å². The maximum absolute atomic E-state index is 12.6. The molecule has 3 aromatic rings. The summed E-state index contributed by atoms with van der Waals surface area (Å²) in [6.45, 7) is 0.284. The van der Waals surface area contributed by atoms with Crippen molar-refractivity contribution >= 4 is 39.0 Å². The fourth-order valence-corrected chi connectivity index (χ4v) is 5.30. The van der Waals surface area contributed by atoms with Gasteiger partial charge in [-0.3, -0.25) is 4.79 Å². The van der Waals surface area contributed by atoms with Crippen LogP contribution in [0.2, 0.25) is 0 Å². The van der Waals surface area contributed by atoms with E-state index in [1.54, 1.807) is 29.2 Å². The topological polar surface area (TPSA) is 75.3 Å². The van der Waals surface area contributed by atoms with E-state index in [0.717, 1.165) is 16.2 Å². The van der Waals surface area contributed by atoms with Gasteiger partial charge in [-0.15, -0.1) is 23.1 Å². The Bertz CT molecular complexity index is 1020. The minimum Gasteiger partial charge on any atom is -0.351 e. The highest BCUT2D eigenvalue weighted by atomic mass is 32.2. The van der Waals surface area contributed by atoms with Gasteiger partial charge in [-0.25, -0.2) is 13.1 Å². The van der Waals surface area contributed by atoms with E-state index < -0.39 is 10.0 Å². The lowest BCUT2D eigenvalue weighted by Gasteiger charge is -2.10. The molecule has 0 aliphatic heterocycles. The third kappa shape index (κ3) is 7.01. The zero-order valence-corrected chi connectivity index (χ0v) is 18.2. The van der Waals surface area contributed by atoms with Crippen LogP contribution in [0.1, 0.15) is 20.8 Å². The van der Waals surface area contributed by atoms with E-state index in [-0.39, 0.29) is 24.7 Å². The average Bonchev–Trinajstić information content (AvgIpc) is 3.25. The van der Waals surface area contributed by atoms with E-state index in [9.17, 15) is 13.2 Å². The molecule has 0 bridgehead atoms. The van der Waals surface area contributed by atoms with E-state index in [1.165, 1.54) is 4.88 Å². The molecule has 1 aromatic heterocycles. The Balaban J connectivity index is 1.50. The first kappa shape index (κ1) is 21.6. The van der Waals surface area contributed by atoms with Gasteiger partial charge in [0.2, 0.25) is 10.0 Å². The molecular formula is C21H22N2O3S3. The molecule has 1 amide bonds. The Morgan fingerprint density at radius 2 is 1.72 bits per heavy atom. The average molecular weight is 447 g/mol. The molecular weight excluding hydrogens is 424 g/mol. The van der Waals surface area contributed by atoms with E-state index in [1.807, 2.05) is 60.0 Å². The normalized spacial score (nSPS) is 11.3. The molecule has 152 valence electrons.